The molecule has 0 bridgehead atoms. The quantitative estimate of drug-likeness (QED) is 0.788. The summed E-state index contributed by atoms with van der Waals surface area (Å²) in [5.74, 6) is 1.10. The van der Waals surface area contributed by atoms with Gasteiger partial charge in [0, 0.05) is 5.69 Å². The standard InChI is InChI=1S/C18H19NO3/c1-3-13-22-15-11-9-14(10-12-15)19-18(20)16-7-5-6-8-17(16)21-4-2/h3,5-12H,1,4,13H2,2H3,(H,19,20). The zero-order valence-corrected chi connectivity index (χ0v) is 12.5. The number of benzene rings is 2. The minimum absolute atomic E-state index is 0.205. The second-order valence-electron chi connectivity index (χ2n) is 4.51. The molecule has 0 unspecified atom stereocenters. The van der Waals surface area contributed by atoms with E-state index in [0.29, 0.717) is 30.2 Å². The van der Waals surface area contributed by atoms with Gasteiger partial charge < -0.3 is 14.8 Å². The SMILES string of the molecule is C=CCOc1ccc(NC(=O)c2ccccc2OCC)cc1. The average Bonchev–Trinajstić information content (AvgIpc) is 2.55. The number of nitrogens with one attached hydrogen (secondary N) is 1. The zero-order chi connectivity index (χ0) is 15.8. The normalized spacial score (nSPS) is 9.86. The lowest BCUT2D eigenvalue weighted by Crippen LogP contribution is -2.13. The third kappa shape index (κ3) is 4.12. The molecular formula is C18H19NO3. The van der Waals surface area contributed by atoms with E-state index < -0.39 is 0 Å². The molecule has 0 radical (unpaired) electrons. The van der Waals surface area contributed by atoms with E-state index in [2.05, 4.69) is 11.9 Å². The predicted molar refractivity (Wildman–Crippen MR) is 87.7 cm³/mol. The van der Waals surface area contributed by atoms with Gasteiger partial charge in [-0.2, -0.15) is 0 Å². The van der Waals surface area contributed by atoms with E-state index in [1.165, 1.54) is 0 Å². The average molecular weight is 297 g/mol. The highest BCUT2D eigenvalue weighted by Gasteiger charge is 2.11. The minimum atomic E-state index is -0.205. The summed E-state index contributed by atoms with van der Waals surface area (Å²) < 4.78 is 10.9. The fraction of sp³-hybridized carbons (Fsp3) is 0.167. The number of carbonyl (C=O) groups is 1. The Bertz CT molecular complexity index is 635. The lowest BCUT2D eigenvalue weighted by Gasteiger charge is -2.11. The van der Waals surface area contributed by atoms with Crippen molar-refractivity contribution in [1.29, 1.82) is 0 Å². The number of amides is 1. The first-order valence-corrected chi connectivity index (χ1v) is 7.11. The molecule has 2 aromatic carbocycles. The first-order valence-electron chi connectivity index (χ1n) is 7.11. The van der Waals surface area contributed by atoms with E-state index in [0.717, 1.165) is 5.75 Å². The molecule has 2 rings (SSSR count). The Hall–Kier alpha value is -2.75. The monoisotopic (exact) mass is 297 g/mol. The Morgan fingerprint density at radius 1 is 1.14 bits per heavy atom. The maximum atomic E-state index is 12.3. The summed E-state index contributed by atoms with van der Waals surface area (Å²) in [6, 6.07) is 14.4. The Balaban J connectivity index is 2.07. The molecule has 0 atom stereocenters. The summed E-state index contributed by atoms with van der Waals surface area (Å²) in [5.41, 5.74) is 1.21. The fourth-order valence-corrected chi connectivity index (χ4v) is 1.92. The summed E-state index contributed by atoms with van der Waals surface area (Å²) in [7, 11) is 0. The largest absolute Gasteiger partial charge is 0.493 e. The van der Waals surface area contributed by atoms with Crippen LogP contribution in [0.5, 0.6) is 11.5 Å². The van der Waals surface area contributed by atoms with Gasteiger partial charge in [0.2, 0.25) is 0 Å². The van der Waals surface area contributed by atoms with Crippen LogP contribution in [0.2, 0.25) is 0 Å². The van der Waals surface area contributed by atoms with Gasteiger partial charge in [-0.1, -0.05) is 24.8 Å². The third-order valence-electron chi connectivity index (χ3n) is 2.91. The van der Waals surface area contributed by atoms with E-state index in [1.54, 1.807) is 42.5 Å². The van der Waals surface area contributed by atoms with Gasteiger partial charge in [0.15, 0.2) is 0 Å². The molecule has 1 amide bonds. The van der Waals surface area contributed by atoms with Crippen LogP contribution in [0.15, 0.2) is 61.2 Å². The van der Waals surface area contributed by atoms with Crippen LogP contribution in [0.25, 0.3) is 0 Å². The van der Waals surface area contributed by atoms with Crippen molar-refractivity contribution in [3.63, 3.8) is 0 Å². The maximum absolute atomic E-state index is 12.3. The van der Waals surface area contributed by atoms with Crippen molar-refractivity contribution in [2.75, 3.05) is 18.5 Å². The minimum Gasteiger partial charge on any atom is -0.493 e. The molecule has 0 aliphatic rings. The van der Waals surface area contributed by atoms with Crippen LogP contribution in [0.3, 0.4) is 0 Å². The maximum Gasteiger partial charge on any atom is 0.259 e. The molecule has 0 saturated carbocycles. The topological polar surface area (TPSA) is 47.6 Å². The second kappa shape index (κ2) is 7.88. The van der Waals surface area contributed by atoms with Crippen molar-refractivity contribution >= 4 is 11.6 Å². The van der Waals surface area contributed by atoms with Crippen molar-refractivity contribution < 1.29 is 14.3 Å². The van der Waals surface area contributed by atoms with E-state index in [4.69, 9.17) is 9.47 Å². The van der Waals surface area contributed by atoms with E-state index in [9.17, 15) is 4.79 Å². The smallest absolute Gasteiger partial charge is 0.259 e. The Kier molecular flexibility index (Phi) is 5.60. The molecule has 2 aromatic rings. The van der Waals surface area contributed by atoms with E-state index in [-0.39, 0.29) is 5.91 Å². The predicted octanol–water partition coefficient (Wildman–Crippen LogP) is 3.90. The van der Waals surface area contributed by atoms with E-state index in [1.807, 2.05) is 19.1 Å². The van der Waals surface area contributed by atoms with Gasteiger partial charge in [-0.3, -0.25) is 4.79 Å². The lowest BCUT2D eigenvalue weighted by molar-refractivity contribution is 0.102. The fourth-order valence-electron chi connectivity index (χ4n) is 1.92. The lowest BCUT2D eigenvalue weighted by atomic mass is 10.2. The van der Waals surface area contributed by atoms with Gasteiger partial charge in [0.1, 0.15) is 18.1 Å². The van der Waals surface area contributed by atoms with Gasteiger partial charge in [0.05, 0.1) is 12.2 Å². The molecular weight excluding hydrogens is 278 g/mol. The molecule has 0 spiro atoms. The first kappa shape index (κ1) is 15.6. The number of ether oxygens (including phenoxy) is 2. The van der Waals surface area contributed by atoms with Crippen molar-refractivity contribution in [3.05, 3.63) is 66.7 Å². The Morgan fingerprint density at radius 3 is 2.55 bits per heavy atom. The van der Waals surface area contributed by atoms with Gasteiger partial charge in [-0.15, -0.1) is 0 Å². The number of anilines is 1. The molecule has 0 aliphatic heterocycles. The third-order valence-corrected chi connectivity index (χ3v) is 2.91. The van der Waals surface area contributed by atoms with Crippen molar-refractivity contribution in [1.82, 2.24) is 0 Å². The molecule has 4 heteroatoms. The highest BCUT2D eigenvalue weighted by molar-refractivity contribution is 6.06. The first-order chi connectivity index (χ1) is 10.7. The molecule has 0 saturated heterocycles. The molecule has 114 valence electrons. The number of rotatable bonds is 7. The molecule has 0 fully saturated rings. The van der Waals surface area contributed by atoms with Crippen LogP contribution in [0.4, 0.5) is 5.69 Å². The highest BCUT2D eigenvalue weighted by atomic mass is 16.5. The van der Waals surface area contributed by atoms with Crippen LogP contribution >= 0.6 is 0 Å². The van der Waals surface area contributed by atoms with Gasteiger partial charge >= 0.3 is 0 Å². The van der Waals surface area contributed by atoms with E-state index >= 15 is 0 Å². The summed E-state index contributed by atoms with van der Waals surface area (Å²) in [5, 5.41) is 2.85. The van der Waals surface area contributed by atoms with Crippen molar-refractivity contribution in [3.8, 4) is 11.5 Å². The van der Waals surface area contributed by atoms with Crippen LogP contribution < -0.4 is 14.8 Å². The summed E-state index contributed by atoms with van der Waals surface area (Å²) in [4.78, 5) is 12.3. The molecule has 22 heavy (non-hydrogen) atoms. The molecule has 1 N–H and O–H groups in total. The Morgan fingerprint density at radius 2 is 1.86 bits per heavy atom. The molecule has 4 nitrogen and oxygen atoms in total. The number of hydrogen-bond donors (Lipinski definition) is 1. The van der Waals surface area contributed by atoms with Crippen molar-refractivity contribution in [2.45, 2.75) is 6.92 Å². The Labute approximate surface area is 130 Å². The molecule has 0 aromatic heterocycles. The molecule has 0 aliphatic carbocycles. The van der Waals surface area contributed by atoms with Crippen LogP contribution in [-0.4, -0.2) is 19.1 Å². The van der Waals surface area contributed by atoms with Gasteiger partial charge in [0.25, 0.3) is 5.91 Å². The van der Waals surface area contributed by atoms with Gasteiger partial charge in [-0.25, -0.2) is 0 Å². The van der Waals surface area contributed by atoms with Crippen LogP contribution in [0.1, 0.15) is 17.3 Å². The molecule has 0 heterocycles. The summed E-state index contributed by atoms with van der Waals surface area (Å²) >= 11 is 0. The van der Waals surface area contributed by atoms with Crippen LogP contribution in [-0.2, 0) is 0 Å². The summed E-state index contributed by atoms with van der Waals surface area (Å²) in [6.45, 7) is 6.45. The van der Waals surface area contributed by atoms with Crippen molar-refractivity contribution in [2.24, 2.45) is 0 Å². The van der Waals surface area contributed by atoms with Gasteiger partial charge in [-0.05, 0) is 43.3 Å². The number of para-hydroxylation sites is 1. The number of carbonyl (C=O) groups excluding carboxylic acids is 1. The summed E-state index contributed by atoms with van der Waals surface area (Å²) in [6.07, 6.45) is 1.68. The van der Waals surface area contributed by atoms with Crippen LogP contribution in [0, 0.1) is 0 Å². The highest BCUT2D eigenvalue weighted by Crippen LogP contribution is 2.21. The zero-order valence-electron chi connectivity index (χ0n) is 12.5. The number of hydrogen-bond acceptors (Lipinski definition) is 3. The second-order valence-corrected chi connectivity index (χ2v) is 4.51.